The van der Waals surface area contributed by atoms with E-state index in [9.17, 15) is 13.6 Å². The van der Waals surface area contributed by atoms with Crippen LogP contribution in [0, 0.1) is 11.6 Å². The second-order valence-corrected chi connectivity index (χ2v) is 3.10. The zero-order valence-electron chi connectivity index (χ0n) is 8.46. The first-order valence-electron chi connectivity index (χ1n) is 4.27. The van der Waals surface area contributed by atoms with Gasteiger partial charge in [0.25, 0.3) is 0 Å². The molecule has 0 heterocycles. The molecule has 0 aromatic heterocycles. The monoisotopic (exact) mass is 231 g/mol. The molecule has 1 aromatic rings. The normalized spacial score (nSPS) is 9.25. The Morgan fingerprint density at radius 3 is 2.25 bits per heavy atom. The van der Waals surface area contributed by atoms with Crippen molar-refractivity contribution in [3.63, 3.8) is 0 Å². The van der Waals surface area contributed by atoms with Crippen molar-refractivity contribution in [3.8, 4) is 0 Å². The zero-order chi connectivity index (χ0) is 11.4. The molecule has 0 aliphatic carbocycles. The van der Waals surface area contributed by atoms with Crippen molar-refractivity contribution in [3.05, 3.63) is 35.4 Å². The highest BCUT2D eigenvalue weighted by molar-refractivity contribution is 5.66. The molecule has 0 atom stereocenters. The lowest BCUT2D eigenvalue weighted by Gasteiger charge is -2.15. The van der Waals surface area contributed by atoms with Crippen LogP contribution in [0.2, 0.25) is 0 Å². The molecule has 1 rings (SSSR count). The van der Waals surface area contributed by atoms with Gasteiger partial charge in [-0.25, -0.2) is 13.6 Å². The van der Waals surface area contributed by atoms with E-state index in [0.717, 1.165) is 6.07 Å². The second-order valence-electron chi connectivity index (χ2n) is 3.10. The van der Waals surface area contributed by atoms with Crippen LogP contribution >= 0.6 is 0 Å². The van der Waals surface area contributed by atoms with Crippen LogP contribution in [0.15, 0.2) is 18.2 Å². The van der Waals surface area contributed by atoms with Crippen LogP contribution in [-0.4, -0.2) is 25.2 Å². The summed E-state index contributed by atoms with van der Waals surface area (Å²) in [5.74, 6) is -1.33. The number of ether oxygens (including phenoxy) is 1. The van der Waals surface area contributed by atoms with Crippen LogP contribution in [-0.2, 0) is 11.3 Å². The number of carbonyl (C=O) groups is 1. The Labute approximate surface area is 93.6 Å². The predicted octanol–water partition coefficient (Wildman–Crippen LogP) is 2.80. The molecule has 0 aliphatic heterocycles. The quantitative estimate of drug-likeness (QED) is 0.783. The molecule has 0 spiro atoms. The number of rotatable bonds is 2. The van der Waals surface area contributed by atoms with Crippen molar-refractivity contribution in [2.24, 2.45) is 0 Å². The molecule has 0 saturated carbocycles. The molecule has 5 heteroatoms. The maximum atomic E-state index is 12.8. The zero-order valence-corrected chi connectivity index (χ0v) is 8.46. The van der Waals surface area contributed by atoms with E-state index in [-0.39, 0.29) is 14.0 Å². The van der Waals surface area contributed by atoms with Crippen molar-refractivity contribution in [1.29, 1.82) is 0 Å². The lowest BCUT2D eigenvalue weighted by atomic mass is 10.2. The molecule has 0 radical (unpaired) electrons. The number of methoxy groups -OCH3 is 1. The minimum absolute atomic E-state index is 0. The summed E-state index contributed by atoms with van der Waals surface area (Å²) in [7, 11) is 2.72. The van der Waals surface area contributed by atoms with Gasteiger partial charge in [0.15, 0.2) is 0 Å². The van der Waals surface area contributed by atoms with E-state index < -0.39 is 17.7 Å². The highest BCUT2D eigenvalue weighted by Gasteiger charge is 2.09. The number of hydrogen-bond donors (Lipinski definition) is 0. The molecule has 3 nitrogen and oxygen atoms in total. The molecule has 0 N–H and O–H groups in total. The van der Waals surface area contributed by atoms with Crippen LogP contribution in [0.3, 0.4) is 0 Å². The number of halogens is 2. The lowest BCUT2D eigenvalue weighted by Crippen LogP contribution is -2.25. The van der Waals surface area contributed by atoms with E-state index in [1.165, 1.54) is 31.2 Å². The summed E-state index contributed by atoms with van der Waals surface area (Å²) in [5.41, 5.74) is 0.375. The summed E-state index contributed by atoms with van der Waals surface area (Å²) in [6, 6.07) is 3.12. The second kappa shape index (κ2) is 6.05. The van der Waals surface area contributed by atoms with Gasteiger partial charge in [-0.1, -0.05) is 7.43 Å². The van der Waals surface area contributed by atoms with Gasteiger partial charge in [-0.15, -0.1) is 0 Å². The van der Waals surface area contributed by atoms with Gasteiger partial charge in [0, 0.05) is 19.7 Å². The van der Waals surface area contributed by atoms with Gasteiger partial charge in [-0.05, 0) is 17.7 Å². The van der Waals surface area contributed by atoms with Crippen LogP contribution in [0.5, 0.6) is 0 Å². The number of carbonyl (C=O) groups excluding carboxylic acids is 1. The van der Waals surface area contributed by atoms with Crippen molar-refractivity contribution in [2.75, 3.05) is 14.2 Å². The molecule has 1 aromatic carbocycles. The average molecular weight is 231 g/mol. The first-order chi connectivity index (χ1) is 7.02. The summed E-state index contributed by atoms with van der Waals surface area (Å²) in [5, 5.41) is 0. The van der Waals surface area contributed by atoms with E-state index in [2.05, 4.69) is 4.74 Å². The molecule has 0 unspecified atom stereocenters. The number of benzene rings is 1. The topological polar surface area (TPSA) is 29.5 Å². The minimum atomic E-state index is -0.664. The Kier molecular flexibility index (Phi) is 5.42. The van der Waals surface area contributed by atoms with Crippen molar-refractivity contribution in [1.82, 2.24) is 4.90 Å². The van der Waals surface area contributed by atoms with E-state index in [4.69, 9.17) is 0 Å². The fourth-order valence-electron chi connectivity index (χ4n) is 1.20. The van der Waals surface area contributed by atoms with Crippen molar-refractivity contribution < 1.29 is 18.3 Å². The van der Waals surface area contributed by atoms with Crippen molar-refractivity contribution >= 4 is 6.09 Å². The molecule has 1 amide bonds. The Bertz CT molecular complexity index is 349. The summed E-state index contributed by atoms with van der Waals surface area (Å²) in [6.45, 7) is 0.0986. The fraction of sp³-hybridized carbons (Fsp3) is 0.364. The van der Waals surface area contributed by atoms with Crippen LogP contribution in [0.25, 0.3) is 0 Å². The first kappa shape index (κ1) is 14.3. The molecule has 0 fully saturated rings. The van der Waals surface area contributed by atoms with E-state index >= 15 is 0 Å². The molecule has 90 valence electrons. The Hall–Kier alpha value is -1.65. The van der Waals surface area contributed by atoms with E-state index in [0.29, 0.717) is 5.56 Å². The molecule has 0 aliphatic rings. The minimum Gasteiger partial charge on any atom is -0.453 e. The maximum absolute atomic E-state index is 12.8. The van der Waals surface area contributed by atoms with Gasteiger partial charge >= 0.3 is 6.09 Å². The average Bonchev–Trinajstić information content (AvgIpc) is 2.14. The standard InChI is InChI=1S/C10H11F2NO2.CH4/c1-13(10(14)15-2)6-7-3-8(11)5-9(12)4-7;/h3-5H,6H2,1-2H3;1H4. The smallest absolute Gasteiger partial charge is 0.409 e. The largest absolute Gasteiger partial charge is 0.453 e. The molecular formula is C11H15F2NO2. The summed E-state index contributed by atoms with van der Waals surface area (Å²) in [4.78, 5) is 12.2. The number of nitrogens with zero attached hydrogens (tertiary/aromatic N) is 1. The van der Waals surface area contributed by atoms with Gasteiger partial charge < -0.3 is 9.64 Å². The molecular weight excluding hydrogens is 216 g/mol. The Balaban J connectivity index is 0.00000225. The van der Waals surface area contributed by atoms with Gasteiger partial charge in [-0.3, -0.25) is 0 Å². The third-order valence-electron chi connectivity index (χ3n) is 1.83. The van der Waals surface area contributed by atoms with Crippen LogP contribution in [0.1, 0.15) is 13.0 Å². The number of amides is 1. The summed E-state index contributed by atoms with van der Waals surface area (Å²) < 4.78 is 30.0. The Morgan fingerprint density at radius 1 is 1.31 bits per heavy atom. The van der Waals surface area contributed by atoms with Gasteiger partial charge in [0.1, 0.15) is 11.6 Å². The van der Waals surface area contributed by atoms with Gasteiger partial charge in [0.2, 0.25) is 0 Å². The highest BCUT2D eigenvalue weighted by atomic mass is 19.1. The highest BCUT2D eigenvalue weighted by Crippen LogP contribution is 2.10. The SMILES string of the molecule is C.COC(=O)N(C)Cc1cc(F)cc(F)c1. The molecule has 16 heavy (non-hydrogen) atoms. The predicted molar refractivity (Wildman–Crippen MR) is 57.0 cm³/mol. The van der Waals surface area contributed by atoms with Gasteiger partial charge in [0.05, 0.1) is 7.11 Å². The third-order valence-corrected chi connectivity index (χ3v) is 1.83. The van der Waals surface area contributed by atoms with Crippen LogP contribution < -0.4 is 0 Å². The van der Waals surface area contributed by atoms with E-state index in [1.54, 1.807) is 0 Å². The number of hydrogen-bond acceptors (Lipinski definition) is 2. The summed E-state index contributed by atoms with van der Waals surface area (Å²) >= 11 is 0. The van der Waals surface area contributed by atoms with Crippen LogP contribution in [0.4, 0.5) is 13.6 Å². The first-order valence-corrected chi connectivity index (χ1v) is 4.27. The van der Waals surface area contributed by atoms with Gasteiger partial charge in [-0.2, -0.15) is 0 Å². The Morgan fingerprint density at radius 2 is 1.81 bits per heavy atom. The van der Waals surface area contributed by atoms with Crippen molar-refractivity contribution in [2.45, 2.75) is 14.0 Å². The van der Waals surface area contributed by atoms with E-state index in [1.807, 2.05) is 0 Å². The molecule has 0 saturated heterocycles. The molecule has 0 bridgehead atoms. The lowest BCUT2D eigenvalue weighted by molar-refractivity contribution is 0.131. The fourth-order valence-corrected chi connectivity index (χ4v) is 1.20. The maximum Gasteiger partial charge on any atom is 0.409 e. The summed E-state index contributed by atoms with van der Waals surface area (Å²) in [6.07, 6.45) is -0.556. The third kappa shape index (κ3) is 3.84.